The first-order valence-electron chi connectivity index (χ1n) is 8.34. The molecule has 3 rings (SSSR count). The van der Waals surface area contributed by atoms with Crippen LogP contribution in [-0.2, 0) is 9.59 Å². The Hall–Kier alpha value is -2.99. The topological polar surface area (TPSA) is 76.7 Å². The van der Waals surface area contributed by atoms with E-state index < -0.39 is 11.8 Å². The van der Waals surface area contributed by atoms with Gasteiger partial charge in [0.1, 0.15) is 18.1 Å². The lowest BCUT2D eigenvalue weighted by Gasteiger charge is -2.18. The molecule has 0 unspecified atom stereocenters. The minimum Gasteiger partial charge on any atom is -0.488 e. The molecule has 2 aromatic carbocycles. The fourth-order valence-corrected chi connectivity index (χ4v) is 2.87. The number of hydrogen-bond donors (Lipinski definition) is 2. The molecule has 1 aliphatic rings. The number of amides is 2. The highest BCUT2D eigenvalue weighted by Crippen LogP contribution is 2.28. The predicted molar refractivity (Wildman–Crippen MR) is 103 cm³/mol. The minimum absolute atomic E-state index is 0.107. The summed E-state index contributed by atoms with van der Waals surface area (Å²) in [5.74, 6) is 0.330. The van der Waals surface area contributed by atoms with E-state index in [-0.39, 0.29) is 13.2 Å². The number of hydrogen-bond acceptors (Lipinski definition) is 4. The van der Waals surface area contributed by atoms with Crippen LogP contribution in [0.5, 0.6) is 11.5 Å². The monoisotopic (exact) mass is 386 g/mol. The SMILES string of the molecule is Cc1cc(C)cc(OCC(=O)NNC(=O)C2=Cc3cc(Cl)ccc3OC2)c1. The van der Waals surface area contributed by atoms with E-state index in [2.05, 4.69) is 10.9 Å². The molecule has 0 aliphatic carbocycles. The Morgan fingerprint density at radius 2 is 1.85 bits per heavy atom. The summed E-state index contributed by atoms with van der Waals surface area (Å²) in [6.45, 7) is 3.80. The zero-order valence-corrected chi connectivity index (χ0v) is 15.7. The van der Waals surface area contributed by atoms with Gasteiger partial charge in [-0.3, -0.25) is 20.4 Å². The maximum atomic E-state index is 12.2. The molecule has 1 heterocycles. The van der Waals surface area contributed by atoms with E-state index in [0.29, 0.717) is 27.7 Å². The van der Waals surface area contributed by atoms with Crippen molar-refractivity contribution in [3.8, 4) is 11.5 Å². The molecule has 2 aromatic rings. The Morgan fingerprint density at radius 1 is 1.11 bits per heavy atom. The van der Waals surface area contributed by atoms with E-state index >= 15 is 0 Å². The van der Waals surface area contributed by atoms with Gasteiger partial charge in [-0.15, -0.1) is 0 Å². The third-order valence-corrected chi connectivity index (χ3v) is 4.09. The van der Waals surface area contributed by atoms with Crippen molar-refractivity contribution in [1.82, 2.24) is 10.9 Å². The summed E-state index contributed by atoms with van der Waals surface area (Å²) in [6.07, 6.45) is 1.68. The number of carbonyl (C=O) groups excluding carboxylic acids is 2. The molecular weight excluding hydrogens is 368 g/mol. The molecule has 0 saturated heterocycles. The molecular formula is C20H19ClN2O4. The molecule has 0 bridgehead atoms. The fourth-order valence-electron chi connectivity index (χ4n) is 2.69. The summed E-state index contributed by atoms with van der Waals surface area (Å²) < 4.78 is 11.0. The number of benzene rings is 2. The van der Waals surface area contributed by atoms with Crippen LogP contribution in [-0.4, -0.2) is 25.0 Å². The molecule has 6 nitrogen and oxygen atoms in total. The summed E-state index contributed by atoms with van der Waals surface area (Å²) >= 11 is 5.96. The lowest BCUT2D eigenvalue weighted by molar-refractivity contribution is -0.128. The molecule has 7 heteroatoms. The lowest BCUT2D eigenvalue weighted by Crippen LogP contribution is -2.45. The summed E-state index contributed by atoms with van der Waals surface area (Å²) in [5.41, 5.74) is 7.86. The van der Waals surface area contributed by atoms with Crippen LogP contribution in [0.3, 0.4) is 0 Å². The number of halogens is 1. The molecule has 0 aromatic heterocycles. The second-order valence-electron chi connectivity index (χ2n) is 6.25. The second-order valence-corrected chi connectivity index (χ2v) is 6.69. The van der Waals surface area contributed by atoms with Gasteiger partial charge in [0, 0.05) is 10.6 Å². The van der Waals surface area contributed by atoms with Gasteiger partial charge in [-0.05, 0) is 61.4 Å². The summed E-state index contributed by atoms with van der Waals surface area (Å²) in [4.78, 5) is 24.1. The molecule has 0 radical (unpaired) electrons. The highest BCUT2D eigenvalue weighted by atomic mass is 35.5. The van der Waals surface area contributed by atoms with Gasteiger partial charge in [-0.2, -0.15) is 0 Å². The fraction of sp³-hybridized carbons (Fsp3) is 0.200. The van der Waals surface area contributed by atoms with E-state index in [4.69, 9.17) is 21.1 Å². The number of aryl methyl sites for hydroxylation is 2. The van der Waals surface area contributed by atoms with Crippen LogP contribution in [0.4, 0.5) is 0 Å². The second kappa shape index (κ2) is 8.14. The van der Waals surface area contributed by atoms with Gasteiger partial charge in [-0.1, -0.05) is 17.7 Å². The molecule has 27 heavy (non-hydrogen) atoms. The van der Waals surface area contributed by atoms with Crippen LogP contribution in [0, 0.1) is 13.8 Å². The molecule has 0 spiro atoms. The van der Waals surface area contributed by atoms with Gasteiger partial charge in [0.25, 0.3) is 11.8 Å². The van der Waals surface area contributed by atoms with Crippen molar-refractivity contribution < 1.29 is 19.1 Å². The van der Waals surface area contributed by atoms with Gasteiger partial charge in [0.15, 0.2) is 6.61 Å². The van der Waals surface area contributed by atoms with Crippen LogP contribution < -0.4 is 20.3 Å². The Kier molecular flexibility index (Phi) is 5.66. The third kappa shape index (κ3) is 5.01. The molecule has 0 fully saturated rings. The van der Waals surface area contributed by atoms with Crippen molar-refractivity contribution in [2.45, 2.75) is 13.8 Å². The Morgan fingerprint density at radius 3 is 2.59 bits per heavy atom. The molecule has 2 amide bonds. The van der Waals surface area contributed by atoms with Crippen molar-refractivity contribution in [1.29, 1.82) is 0 Å². The first-order valence-corrected chi connectivity index (χ1v) is 8.72. The molecule has 1 aliphatic heterocycles. The van der Waals surface area contributed by atoms with Crippen molar-refractivity contribution in [3.63, 3.8) is 0 Å². The van der Waals surface area contributed by atoms with Crippen molar-refractivity contribution in [3.05, 3.63) is 63.7 Å². The maximum absolute atomic E-state index is 12.2. The third-order valence-electron chi connectivity index (χ3n) is 3.86. The highest BCUT2D eigenvalue weighted by molar-refractivity contribution is 6.30. The summed E-state index contributed by atoms with van der Waals surface area (Å²) in [5, 5.41) is 0.548. The number of rotatable bonds is 4. The largest absolute Gasteiger partial charge is 0.488 e. The van der Waals surface area contributed by atoms with Crippen molar-refractivity contribution in [2.24, 2.45) is 0 Å². The number of ether oxygens (including phenoxy) is 2. The van der Waals surface area contributed by atoms with Gasteiger partial charge < -0.3 is 9.47 Å². The van der Waals surface area contributed by atoms with Gasteiger partial charge in [0.05, 0.1) is 5.57 Å². The normalized spacial score (nSPS) is 12.3. The zero-order valence-electron chi connectivity index (χ0n) is 15.0. The Bertz CT molecular complexity index is 904. The molecule has 0 saturated carbocycles. The average Bonchev–Trinajstić information content (AvgIpc) is 2.63. The predicted octanol–water partition coefficient (Wildman–Crippen LogP) is 2.96. The number of carbonyl (C=O) groups is 2. The van der Waals surface area contributed by atoms with Crippen LogP contribution >= 0.6 is 11.6 Å². The van der Waals surface area contributed by atoms with Crippen LogP contribution in [0.2, 0.25) is 5.02 Å². The van der Waals surface area contributed by atoms with Crippen molar-refractivity contribution >= 4 is 29.5 Å². The summed E-state index contributed by atoms with van der Waals surface area (Å²) in [7, 11) is 0. The van der Waals surface area contributed by atoms with E-state index in [0.717, 1.165) is 11.1 Å². The van der Waals surface area contributed by atoms with Gasteiger partial charge >= 0.3 is 0 Å². The van der Waals surface area contributed by atoms with Crippen LogP contribution in [0.15, 0.2) is 42.0 Å². The van der Waals surface area contributed by atoms with Gasteiger partial charge in [0.2, 0.25) is 0 Å². The van der Waals surface area contributed by atoms with Crippen LogP contribution in [0.1, 0.15) is 16.7 Å². The molecule has 2 N–H and O–H groups in total. The lowest BCUT2D eigenvalue weighted by atomic mass is 10.1. The van der Waals surface area contributed by atoms with Crippen molar-refractivity contribution in [2.75, 3.05) is 13.2 Å². The standard InChI is InChI=1S/C20H19ClN2O4/c1-12-5-13(2)7-17(6-12)26-11-19(24)22-23-20(25)15-8-14-9-16(21)3-4-18(14)27-10-15/h3-9H,10-11H2,1-2H3,(H,22,24)(H,23,25). The van der Waals surface area contributed by atoms with Crippen LogP contribution in [0.25, 0.3) is 6.08 Å². The Balaban J connectivity index is 1.52. The zero-order chi connectivity index (χ0) is 19.4. The average molecular weight is 387 g/mol. The van der Waals surface area contributed by atoms with E-state index in [9.17, 15) is 9.59 Å². The van der Waals surface area contributed by atoms with E-state index in [1.54, 1.807) is 24.3 Å². The quantitative estimate of drug-likeness (QED) is 0.792. The number of fused-ring (bicyclic) bond motifs is 1. The minimum atomic E-state index is -0.469. The summed E-state index contributed by atoms with van der Waals surface area (Å²) in [6, 6.07) is 10.9. The maximum Gasteiger partial charge on any atom is 0.276 e. The Labute approximate surface area is 162 Å². The van der Waals surface area contributed by atoms with E-state index in [1.165, 1.54) is 0 Å². The first-order chi connectivity index (χ1) is 12.9. The molecule has 140 valence electrons. The number of hydrazine groups is 1. The number of nitrogens with one attached hydrogen (secondary N) is 2. The smallest absolute Gasteiger partial charge is 0.276 e. The molecule has 0 atom stereocenters. The highest BCUT2D eigenvalue weighted by Gasteiger charge is 2.18. The first kappa shape index (κ1) is 18.8. The van der Waals surface area contributed by atoms with E-state index in [1.807, 2.05) is 32.0 Å². The van der Waals surface area contributed by atoms with Gasteiger partial charge in [-0.25, -0.2) is 0 Å².